The molecule has 0 spiro atoms. The van der Waals surface area contributed by atoms with Crippen molar-refractivity contribution in [2.24, 2.45) is 0 Å². The predicted octanol–water partition coefficient (Wildman–Crippen LogP) is 2.13. The summed E-state index contributed by atoms with van der Waals surface area (Å²) >= 11 is 0. The van der Waals surface area contributed by atoms with Gasteiger partial charge >= 0.3 is 0 Å². The molecule has 0 rings (SSSR count). The Hall–Kier alpha value is -1.35. The molecule has 3 nitrogen and oxygen atoms in total. The topological polar surface area (TPSA) is 32.3 Å². The number of hydrogen-bond acceptors (Lipinski definition) is 2. The van der Waals surface area contributed by atoms with E-state index in [-0.39, 0.29) is 5.91 Å². The average molecular weight is 236 g/mol. The SMILES string of the molecule is C=CC(=O)NCCN(C)CC=CCCC=CC. The number of unbranched alkanes of at least 4 members (excludes halogenated alkanes) is 1. The molecular weight excluding hydrogens is 212 g/mol. The molecule has 0 aromatic heterocycles. The van der Waals surface area contributed by atoms with Gasteiger partial charge in [-0.1, -0.05) is 30.9 Å². The normalized spacial score (nSPS) is 11.5. The Morgan fingerprint density at radius 2 is 2.00 bits per heavy atom. The quantitative estimate of drug-likeness (QED) is 0.378. The van der Waals surface area contributed by atoms with Crippen LogP contribution in [-0.2, 0) is 4.79 Å². The first-order chi connectivity index (χ1) is 8.20. The number of hydrogen-bond donors (Lipinski definition) is 1. The molecule has 0 saturated heterocycles. The molecule has 0 aromatic rings. The Morgan fingerprint density at radius 3 is 2.65 bits per heavy atom. The average Bonchev–Trinajstić information content (AvgIpc) is 2.33. The van der Waals surface area contributed by atoms with Crippen LogP contribution in [0.1, 0.15) is 19.8 Å². The number of carbonyl (C=O) groups excluding carboxylic acids is 1. The van der Waals surface area contributed by atoms with Gasteiger partial charge in [0, 0.05) is 19.6 Å². The van der Waals surface area contributed by atoms with E-state index >= 15 is 0 Å². The van der Waals surface area contributed by atoms with Crippen molar-refractivity contribution in [3.63, 3.8) is 0 Å². The van der Waals surface area contributed by atoms with Crippen LogP contribution in [0.3, 0.4) is 0 Å². The number of allylic oxidation sites excluding steroid dienone is 3. The lowest BCUT2D eigenvalue weighted by Gasteiger charge is -2.13. The van der Waals surface area contributed by atoms with E-state index in [2.05, 4.69) is 41.1 Å². The number of rotatable bonds is 9. The summed E-state index contributed by atoms with van der Waals surface area (Å²) in [6, 6.07) is 0. The number of amides is 1. The molecule has 0 aliphatic rings. The smallest absolute Gasteiger partial charge is 0.243 e. The maximum atomic E-state index is 10.9. The zero-order chi connectivity index (χ0) is 12.9. The lowest BCUT2D eigenvalue weighted by molar-refractivity contribution is -0.116. The highest BCUT2D eigenvalue weighted by molar-refractivity contribution is 5.86. The van der Waals surface area contributed by atoms with E-state index in [1.165, 1.54) is 6.08 Å². The molecule has 0 aromatic carbocycles. The summed E-state index contributed by atoms with van der Waals surface area (Å²) in [6.45, 7) is 7.86. The molecule has 0 fully saturated rings. The molecule has 0 heterocycles. The molecule has 0 saturated carbocycles. The molecule has 0 bridgehead atoms. The van der Waals surface area contributed by atoms with Gasteiger partial charge in [-0.25, -0.2) is 0 Å². The number of likely N-dealkylation sites (N-methyl/N-ethyl adjacent to an activating group) is 1. The van der Waals surface area contributed by atoms with Crippen molar-refractivity contribution in [1.29, 1.82) is 0 Å². The van der Waals surface area contributed by atoms with E-state index in [0.717, 1.165) is 25.9 Å². The Kier molecular flexibility index (Phi) is 10.3. The van der Waals surface area contributed by atoms with Crippen molar-refractivity contribution in [2.45, 2.75) is 19.8 Å². The first kappa shape index (κ1) is 15.7. The van der Waals surface area contributed by atoms with Crippen molar-refractivity contribution in [1.82, 2.24) is 10.2 Å². The fraction of sp³-hybridized carbons (Fsp3) is 0.500. The van der Waals surface area contributed by atoms with Gasteiger partial charge in [-0.05, 0) is 32.9 Å². The molecule has 17 heavy (non-hydrogen) atoms. The van der Waals surface area contributed by atoms with Gasteiger partial charge in [-0.2, -0.15) is 0 Å². The minimum absolute atomic E-state index is 0.111. The monoisotopic (exact) mass is 236 g/mol. The Morgan fingerprint density at radius 1 is 1.29 bits per heavy atom. The van der Waals surface area contributed by atoms with Crippen LogP contribution in [0.4, 0.5) is 0 Å². The summed E-state index contributed by atoms with van der Waals surface area (Å²) in [5.74, 6) is -0.111. The van der Waals surface area contributed by atoms with Gasteiger partial charge in [0.15, 0.2) is 0 Å². The summed E-state index contributed by atoms with van der Waals surface area (Å²) in [7, 11) is 2.04. The van der Waals surface area contributed by atoms with Crippen molar-refractivity contribution in [3.05, 3.63) is 37.0 Å². The van der Waals surface area contributed by atoms with Gasteiger partial charge in [0.2, 0.25) is 5.91 Å². The van der Waals surface area contributed by atoms with E-state index in [1.54, 1.807) is 0 Å². The second kappa shape index (κ2) is 11.1. The Bertz CT molecular complexity index is 269. The van der Waals surface area contributed by atoms with Crippen molar-refractivity contribution in [2.75, 3.05) is 26.7 Å². The minimum Gasteiger partial charge on any atom is -0.351 e. The Balaban J connectivity index is 3.48. The lowest BCUT2D eigenvalue weighted by atomic mass is 10.2. The maximum Gasteiger partial charge on any atom is 0.243 e. The third-order valence-electron chi connectivity index (χ3n) is 2.30. The van der Waals surface area contributed by atoms with Crippen LogP contribution in [0.2, 0.25) is 0 Å². The van der Waals surface area contributed by atoms with Crippen LogP contribution in [0.5, 0.6) is 0 Å². The standard InChI is InChI=1S/C14H24N2O/c1-4-6-7-8-9-10-12-16(3)13-11-15-14(17)5-2/h4-6,9-10H,2,7-8,11-13H2,1,3H3,(H,15,17). The molecule has 0 unspecified atom stereocenters. The molecule has 0 aliphatic carbocycles. The van der Waals surface area contributed by atoms with Crippen molar-refractivity contribution < 1.29 is 4.79 Å². The summed E-state index contributed by atoms with van der Waals surface area (Å²) in [5.41, 5.74) is 0. The number of nitrogens with one attached hydrogen (secondary N) is 1. The number of nitrogens with zero attached hydrogens (tertiary/aromatic N) is 1. The van der Waals surface area contributed by atoms with Gasteiger partial charge < -0.3 is 10.2 Å². The van der Waals surface area contributed by atoms with Crippen LogP contribution in [0.25, 0.3) is 0 Å². The van der Waals surface area contributed by atoms with E-state index in [0.29, 0.717) is 6.54 Å². The molecule has 96 valence electrons. The summed E-state index contributed by atoms with van der Waals surface area (Å²) < 4.78 is 0. The van der Waals surface area contributed by atoms with Gasteiger partial charge in [0.05, 0.1) is 0 Å². The minimum atomic E-state index is -0.111. The number of carbonyl (C=O) groups is 1. The fourth-order valence-corrected chi connectivity index (χ4v) is 1.26. The van der Waals surface area contributed by atoms with Crippen molar-refractivity contribution in [3.8, 4) is 0 Å². The van der Waals surface area contributed by atoms with Crippen LogP contribution in [-0.4, -0.2) is 37.5 Å². The van der Waals surface area contributed by atoms with Gasteiger partial charge in [0.1, 0.15) is 0 Å². The summed E-state index contributed by atoms with van der Waals surface area (Å²) in [6.07, 6.45) is 12.1. The molecular formula is C14H24N2O. The first-order valence-corrected chi connectivity index (χ1v) is 6.05. The zero-order valence-corrected chi connectivity index (χ0v) is 11.0. The van der Waals surface area contributed by atoms with Crippen molar-refractivity contribution >= 4 is 5.91 Å². The maximum absolute atomic E-state index is 10.9. The highest BCUT2D eigenvalue weighted by Crippen LogP contribution is 1.93. The molecule has 0 radical (unpaired) electrons. The lowest BCUT2D eigenvalue weighted by Crippen LogP contribution is -2.32. The molecule has 3 heteroatoms. The first-order valence-electron chi connectivity index (χ1n) is 6.05. The second-order valence-electron chi connectivity index (χ2n) is 3.88. The van der Waals surface area contributed by atoms with Gasteiger partial charge in [0.25, 0.3) is 0 Å². The third kappa shape index (κ3) is 10.9. The van der Waals surface area contributed by atoms with Gasteiger partial charge in [-0.3, -0.25) is 4.79 Å². The van der Waals surface area contributed by atoms with Gasteiger partial charge in [-0.15, -0.1) is 0 Å². The molecule has 0 aliphatic heterocycles. The van der Waals surface area contributed by atoms with Crippen LogP contribution in [0, 0.1) is 0 Å². The molecule has 1 N–H and O–H groups in total. The van der Waals surface area contributed by atoms with Crippen LogP contribution in [0.15, 0.2) is 37.0 Å². The second-order valence-corrected chi connectivity index (χ2v) is 3.88. The zero-order valence-electron chi connectivity index (χ0n) is 11.0. The third-order valence-corrected chi connectivity index (χ3v) is 2.30. The largest absolute Gasteiger partial charge is 0.351 e. The highest BCUT2D eigenvalue weighted by Gasteiger charge is 1.96. The summed E-state index contributed by atoms with van der Waals surface area (Å²) in [4.78, 5) is 13.0. The predicted molar refractivity (Wildman–Crippen MR) is 73.9 cm³/mol. The molecule has 1 amide bonds. The van der Waals surface area contributed by atoms with E-state index in [1.807, 2.05) is 14.0 Å². The van der Waals surface area contributed by atoms with E-state index < -0.39 is 0 Å². The fourth-order valence-electron chi connectivity index (χ4n) is 1.26. The Labute approximate surface area is 105 Å². The van der Waals surface area contributed by atoms with E-state index in [9.17, 15) is 4.79 Å². The van der Waals surface area contributed by atoms with Crippen LogP contribution < -0.4 is 5.32 Å². The molecule has 0 atom stereocenters. The van der Waals surface area contributed by atoms with E-state index in [4.69, 9.17) is 0 Å². The highest BCUT2D eigenvalue weighted by atomic mass is 16.1. The summed E-state index contributed by atoms with van der Waals surface area (Å²) in [5, 5.41) is 2.75. The van der Waals surface area contributed by atoms with Crippen LogP contribution >= 0.6 is 0 Å².